The fraction of sp³-hybridized carbons (Fsp3) is 0.158. The van der Waals surface area contributed by atoms with E-state index in [0.717, 1.165) is 40.9 Å². The van der Waals surface area contributed by atoms with Crippen molar-refractivity contribution in [1.29, 1.82) is 5.41 Å². The van der Waals surface area contributed by atoms with Gasteiger partial charge in [-0.1, -0.05) is 18.2 Å². The lowest BCUT2D eigenvalue weighted by atomic mass is 9.98. The van der Waals surface area contributed by atoms with Gasteiger partial charge < -0.3 is 14.9 Å². The van der Waals surface area contributed by atoms with E-state index in [1.807, 2.05) is 30.3 Å². The Kier molecular flexibility index (Phi) is 3.32. The summed E-state index contributed by atoms with van der Waals surface area (Å²) < 4.78 is 5.82. The van der Waals surface area contributed by atoms with Crippen LogP contribution in [0.25, 0.3) is 22.5 Å². The quantitative estimate of drug-likeness (QED) is 0.773. The van der Waals surface area contributed by atoms with Gasteiger partial charge in [-0.05, 0) is 47.7 Å². The van der Waals surface area contributed by atoms with Crippen LogP contribution in [0.4, 0.5) is 0 Å². The standard InChI is InChI=1S/C19H16N2O2/c20-18-4-2-13-9-14(1-3-16(13)18)17-10-15(11-22)23-19(17)12-5-7-21-8-6-12/h1,3,5-10,20,22H,2,4,11H2. The molecule has 4 heteroatoms. The lowest BCUT2D eigenvalue weighted by Crippen LogP contribution is -1.91. The van der Waals surface area contributed by atoms with Gasteiger partial charge in [-0.15, -0.1) is 0 Å². The maximum absolute atomic E-state index is 9.42. The van der Waals surface area contributed by atoms with E-state index in [1.165, 1.54) is 5.56 Å². The van der Waals surface area contributed by atoms with E-state index in [-0.39, 0.29) is 6.61 Å². The van der Waals surface area contributed by atoms with Crippen molar-refractivity contribution >= 4 is 5.71 Å². The number of benzene rings is 1. The Labute approximate surface area is 133 Å². The van der Waals surface area contributed by atoms with Gasteiger partial charge in [-0.2, -0.15) is 0 Å². The molecule has 3 aromatic rings. The van der Waals surface area contributed by atoms with Gasteiger partial charge in [-0.25, -0.2) is 0 Å². The normalized spacial score (nSPS) is 13.3. The molecule has 0 radical (unpaired) electrons. The third-order valence-corrected chi connectivity index (χ3v) is 4.27. The predicted molar refractivity (Wildman–Crippen MR) is 88.4 cm³/mol. The summed E-state index contributed by atoms with van der Waals surface area (Å²) in [4.78, 5) is 4.04. The first-order valence-corrected chi connectivity index (χ1v) is 7.61. The smallest absolute Gasteiger partial charge is 0.142 e. The second-order valence-corrected chi connectivity index (χ2v) is 5.70. The molecule has 0 aliphatic heterocycles. The average molecular weight is 304 g/mol. The van der Waals surface area contributed by atoms with Crippen LogP contribution in [-0.4, -0.2) is 15.8 Å². The summed E-state index contributed by atoms with van der Waals surface area (Å²) in [5, 5.41) is 17.4. The fourth-order valence-corrected chi connectivity index (χ4v) is 3.11. The van der Waals surface area contributed by atoms with Crippen molar-refractivity contribution in [2.75, 3.05) is 0 Å². The first-order valence-electron chi connectivity index (χ1n) is 7.61. The van der Waals surface area contributed by atoms with E-state index in [2.05, 4.69) is 11.1 Å². The van der Waals surface area contributed by atoms with E-state index >= 15 is 0 Å². The second kappa shape index (κ2) is 5.48. The highest BCUT2D eigenvalue weighted by atomic mass is 16.4. The van der Waals surface area contributed by atoms with Crippen molar-refractivity contribution in [2.24, 2.45) is 0 Å². The highest BCUT2D eigenvalue weighted by molar-refractivity contribution is 6.03. The molecular weight excluding hydrogens is 288 g/mol. The number of aryl methyl sites for hydroxylation is 1. The van der Waals surface area contributed by atoms with Gasteiger partial charge in [-0.3, -0.25) is 4.98 Å². The molecule has 0 saturated heterocycles. The predicted octanol–water partition coefficient (Wildman–Crippen LogP) is 3.81. The molecule has 0 saturated carbocycles. The van der Waals surface area contributed by atoms with Crippen molar-refractivity contribution < 1.29 is 9.52 Å². The largest absolute Gasteiger partial charge is 0.458 e. The molecule has 0 unspecified atom stereocenters. The molecule has 1 aliphatic carbocycles. The Hall–Kier alpha value is -2.72. The number of aliphatic hydroxyl groups is 1. The number of nitrogens with one attached hydrogen (secondary N) is 1. The zero-order chi connectivity index (χ0) is 15.8. The first-order chi connectivity index (χ1) is 11.3. The van der Waals surface area contributed by atoms with Crippen molar-refractivity contribution in [3.8, 4) is 22.5 Å². The Morgan fingerprint density at radius 1 is 1.00 bits per heavy atom. The zero-order valence-electron chi connectivity index (χ0n) is 12.5. The molecule has 0 amide bonds. The number of furan rings is 1. The Morgan fingerprint density at radius 3 is 2.61 bits per heavy atom. The molecular formula is C19H16N2O2. The van der Waals surface area contributed by atoms with E-state index in [4.69, 9.17) is 9.83 Å². The number of hydrogen-bond acceptors (Lipinski definition) is 4. The van der Waals surface area contributed by atoms with Gasteiger partial charge in [0, 0.05) is 29.2 Å². The summed E-state index contributed by atoms with van der Waals surface area (Å²) in [5.41, 5.74) is 5.91. The number of rotatable bonds is 3. The minimum atomic E-state index is -0.131. The van der Waals surface area contributed by atoms with Crippen LogP contribution in [0.3, 0.4) is 0 Å². The van der Waals surface area contributed by atoms with E-state index < -0.39 is 0 Å². The van der Waals surface area contributed by atoms with Gasteiger partial charge in [0.25, 0.3) is 0 Å². The molecule has 2 aromatic heterocycles. The Morgan fingerprint density at radius 2 is 1.83 bits per heavy atom. The molecule has 2 N–H and O–H groups in total. The van der Waals surface area contributed by atoms with Crippen molar-refractivity contribution in [3.05, 3.63) is 65.7 Å². The molecule has 1 aromatic carbocycles. The van der Waals surface area contributed by atoms with Crippen LogP contribution in [0.2, 0.25) is 0 Å². The molecule has 4 rings (SSSR count). The first kappa shape index (κ1) is 13.9. The zero-order valence-corrected chi connectivity index (χ0v) is 12.5. The van der Waals surface area contributed by atoms with Crippen LogP contribution in [-0.2, 0) is 13.0 Å². The minimum Gasteiger partial charge on any atom is -0.458 e. The van der Waals surface area contributed by atoms with Gasteiger partial charge in [0.05, 0.1) is 0 Å². The lowest BCUT2D eigenvalue weighted by Gasteiger charge is -2.06. The Bertz CT molecular complexity index is 882. The van der Waals surface area contributed by atoms with Crippen molar-refractivity contribution in [3.63, 3.8) is 0 Å². The van der Waals surface area contributed by atoms with Crippen LogP contribution >= 0.6 is 0 Å². The number of aromatic nitrogens is 1. The molecule has 2 heterocycles. The molecule has 23 heavy (non-hydrogen) atoms. The molecule has 1 aliphatic rings. The molecule has 0 bridgehead atoms. The third kappa shape index (κ3) is 2.37. The molecule has 0 atom stereocenters. The highest BCUT2D eigenvalue weighted by Crippen LogP contribution is 2.37. The van der Waals surface area contributed by atoms with Crippen LogP contribution in [0.1, 0.15) is 23.3 Å². The van der Waals surface area contributed by atoms with Crippen LogP contribution in [0, 0.1) is 5.41 Å². The molecule has 0 fully saturated rings. The molecule has 114 valence electrons. The summed E-state index contributed by atoms with van der Waals surface area (Å²) in [6.07, 6.45) is 5.18. The van der Waals surface area contributed by atoms with Crippen molar-refractivity contribution in [2.45, 2.75) is 19.4 Å². The molecule has 4 nitrogen and oxygen atoms in total. The maximum atomic E-state index is 9.42. The van der Waals surface area contributed by atoms with E-state index in [1.54, 1.807) is 12.4 Å². The monoisotopic (exact) mass is 304 g/mol. The summed E-state index contributed by atoms with van der Waals surface area (Å²) in [5.74, 6) is 1.28. The van der Waals surface area contributed by atoms with Crippen LogP contribution < -0.4 is 0 Å². The lowest BCUT2D eigenvalue weighted by molar-refractivity contribution is 0.248. The second-order valence-electron chi connectivity index (χ2n) is 5.70. The number of aliphatic hydroxyl groups excluding tert-OH is 1. The van der Waals surface area contributed by atoms with Gasteiger partial charge in [0.2, 0.25) is 0 Å². The van der Waals surface area contributed by atoms with Crippen LogP contribution in [0.5, 0.6) is 0 Å². The third-order valence-electron chi connectivity index (χ3n) is 4.27. The Balaban J connectivity index is 1.86. The SMILES string of the molecule is N=C1CCc2cc(-c3cc(CO)oc3-c3ccncc3)ccc21. The minimum absolute atomic E-state index is 0.131. The van der Waals surface area contributed by atoms with Crippen molar-refractivity contribution in [1.82, 2.24) is 4.98 Å². The number of fused-ring (bicyclic) bond motifs is 1. The summed E-state index contributed by atoms with van der Waals surface area (Å²) in [7, 11) is 0. The summed E-state index contributed by atoms with van der Waals surface area (Å²) >= 11 is 0. The summed E-state index contributed by atoms with van der Waals surface area (Å²) in [6.45, 7) is -0.131. The van der Waals surface area contributed by atoms with Gasteiger partial charge >= 0.3 is 0 Å². The maximum Gasteiger partial charge on any atom is 0.142 e. The topological polar surface area (TPSA) is 70.1 Å². The summed E-state index contributed by atoms with van der Waals surface area (Å²) in [6, 6.07) is 11.8. The fourth-order valence-electron chi connectivity index (χ4n) is 3.11. The highest BCUT2D eigenvalue weighted by Gasteiger charge is 2.19. The number of hydrogen-bond donors (Lipinski definition) is 2. The van der Waals surface area contributed by atoms with Gasteiger partial charge in [0.15, 0.2) is 0 Å². The van der Waals surface area contributed by atoms with Gasteiger partial charge in [0.1, 0.15) is 18.1 Å². The number of nitrogens with zero attached hydrogens (tertiary/aromatic N) is 1. The van der Waals surface area contributed by atoms with E-state index in [0.29, 0.717) is 11.5 Å². The number of pyridine rings is 1. The average Bonchev–Trinajstić information content (AvgIpc) is 3.19. The van der Waals surface area contributed by atoms with Crippen LogP contribution in [0.15, 0.2) is 53.2 Å². The molecule has 0 spiro atoms. The van der Waals surface area contributed by atoms with E-state index in [9.17, 15) is 5.11 Å².